The van der Waals surface area contributed by atoms with Crippen LogP contribution in [0.15, 0.2) is 18.2 Å². The van der Waals surface area contributed by atoms with Gasteiger partial charge in [-0.3, -0.25) is 4.79 Å². The van der Waals surface area contributed by atoms with E-state index in [1.165, 1.54) is 0 Å². The first kappa shape index (κ1) is 11.2. The third kappa shape index (κ3) is 2.81. The minimum Gasteiger partial charge on any atom is -0.289 e. The number of rotatable bonds is 0. The van der Waals surface area contributed by atoms with Crippen LogP contribution in [0.3, 0.4) is 0 Å². The minimum atomic E-state index is -4.61. The lowest BCUT2D eigenvalue weighted by molar-refractivity contribution is -0.137. The van der Waals surface area contributed by atoms with Gasteiger partial charge in [0.2, 0.25) is 0 Å². The highest BCUT2D eigenvalue weighted by molar-refractivity contribution is 5.74. The van der Waals surface area contributed by atoms with Gasteiger partial charge >= 0.3 is 6.18 Å². The van der Waals surface area contributed by atoms with Crippen LogP contribution in [0, 0.1) is 17.7 Å². The molecule has 0 N–H and O–H groups in total. The number of carbonyl (C=O) groups is 1. The van der Waals surface area contributed by atoms with Gasteiger partial charge in [-0.2, -0.15) is 13.2 Å². The fraction of sp³-hybridized carbons (Fsp3) is 0.100. The van der Waals surface area contributed by atoms with Crippen LogP contribution in [-0.2, 0) is 11.0 Å². The fourth-order valence-corrected chi connectivity index (χ4v) is 0.974. The van der Waals surface area contributed by atoms with Gasteiger partial charge in [0.1, 0.15) is 5.82 Å². The van der Waals surface area contributed by atoms with Crippen molar-refractivity contribution >= 4 is 6.29 Å². The Hall–Kier alpha value is -1.83. The molecule has 0 bridgehead atoms. The number of aldehydes is 1. The molecule has 0 heterocycles. The molecule has 1 aromatic rings. The van der Waals surface area contributed by atoms with E-state index in [-0.39, 0.29) is 6.29 Å². The van der Waals surface area contributed by atoms with E-state index in [4.69, 9.17) is 0 Å². The molecule has 0 aliphatic heterocycles. The molecule has 0 unspecified atom stereocenters. The molecule has 0 aliphatic carbocycles. The van der Waals surface area contributed by atoms with E-state index >= 15 is 0 Å². The van der Waals surface area contributed by atoms with Gasteiger partial charge in [-0.25, -0.2) is 4.39 Å². The van der Waals surface area contributed by atoms with E-state index in [1.54, 1.807) is 0 Å². The first-order chi connectivity index (χ1) is 6.95. The van der Waals surface area contributed by atoms with Crippen molar-refractivity contribution in [3.05, 3.63) is 35.1 Å². The number of benzene rings is 1. The highest BCUT2D eigenvalue weighted by atomic mass is 19.4. The molecule has 0 aliphatic rings. The number of hydrogen-bond acceptors (Lipinski definition) is 1. The van der Waals surface area contributed by atoms with Gasteiger partial charge < -0.3 is 0 Å². The second-order valence-corrected chi connectivity index (χ2v) is 2.57. The van der Waals surface area contributed by atoms with Crippen molar-refractivity contribution in [1.29, 1.82) is 0 Å². The molecule has 0 aromatic heterocycles. The SMILES string of the molecule is O=CC#Cc1cc(F)ccc1C(F)(F)F. The maximum Gasteiger partial charge on any atom is 0.417 e. The van der Waals surface area contributed by atoms with Crippen LogP contribution in [0.25, 0.3) is 0 Å². The van der Waals surface area contributed by atoms with Gasteiger partial charge in [0.25, 0.3) is 0 Å². The summed E-state index contributed by atoms with van der Waals surface area (Å²) in [5.74, 6) is 2.90. The Morgan fingerprint density at radius 3 is 2.47 bits per heavy atom. The Balaban J connectivity index is 3.33. The molecule has 0 saturated carbocycles. The Kier molecular flexibility index (Phi) is 3.10. The van der Waals surface area contributed by atoms with Gasteiger partial charge in [0.05, 0.1) is 5.56 Å². The summed E-state index contributed by atoms with van der Waals surface area (Å²) >= 11 is 0. The molecule has 0 saturated heterocycles. The normalized spacial score (nSPS) is 10.4. The van der Waals surface area contributed by atoms with E-state index in [0.29, 0.717) is 18.2 Å². The number of hydrogen-bond donors (Lipinski definition) is 0. The molecule has 1 nitrogen and oxygen atoms in total. The summed E-state index contributed by atoms with van der Waals surface area (Å²) in [6.07, 6.45) is -4.47. The Morgan fingerprint density at radius 2 is 1.93 bits per heavy atom. The van der Waals surface area contributed by atoms with Gasteiger partial charge in [-0.15, -0.1) is 0 Å². The summed E-state index contributed by atoms with van der Waals surface area (Å²) in [6, 6.07) is 1.92. The summed E-state index contributed by atoms with van der Waals surface area (Å²) in [4.78, 5) is 9.88. The average molecular weight is 216 g/mol. The predicted molar refractivity (Wildman–Crippen MR) is 44.3 cm³/mol. The smallest absolute Gasteiger partial charge is 0.289 e. The van der Waals surface area contributed by atoms with Gasteiger partial charge in [0, 0.05) is 5.56 Å². The van der Waals surface area contributed by atoms with Crippen molar-refractivity contribution in [1.82, 2.24) is 0 Å². The molecule has 0 spiro atoms. The molecule has 78 valence electrons. The van der Waals surface area contributed by atoms with Crippen LogP contribution in [0.2, 0.25) is 0 Å². The molecule has 0 fully saturated rings. The Morgan fingerprint density at radius 1 is 1.27 bits per heavy atom. The molecule has 15 heavy (non-hydrogen) atoms. The molecule has 0 amide bonds. The number of carbonyl (C=O) groups excluding carboxylic acids is 1. The average Bonchev–Trinajstić information content (AvgIpc) is 2.12. The van der Waals surface area contributed by atoms with Crippen molar-refractivity contribution < 1.29 is 22.4 Å². The first-order valence-corrected chi connectivity index (χ1v) is 3.77. The van der Waals surface area contributed by atoms with E-state index in [1.807, 2.05) is 11.8 Å². The summed E-state index contributed by atoms with van der Waals surface area (Å²) in [5, 5.41) is 0. The second-order valence-electron chi connectivity index (χ2n) is 2.57. The van der Waals surface area contributed by atoms with E-state index in [0.717, 1.165) is 0 Å². The van der Waals surface area contributed by atoms with Gasteiger partial charge in [-0.05, 0) is 24.1 Å². The molecule has 1 aromatic carbocycles. The molecule has 0 radical (unpaired) electrons. The van der Waals surface area contributed by atoms with Crippen molar-refractivity contribution in [2.45, 2.75) is 6.18 Å². The van der Waals surface area contributed by atoms with E-state index in [9.17, 15) is 22.4 Å². The largest absolute Gasteiger partial charge is 0.417 e. The Labute approximate surface area is 82.7 Å². The van der Waals surface area contributed by atoms with Gasteiger partial charge in [-0.1, -0.05) is 5.92 Å². The molecular weight excluding hydrogens is 212 g/mol. The second kappa shape index (κ2) is 4.13. The summed E-state index contributed by atoms with van der Waals surface area (Å²) < 4.78 is 49.6. The first-order valence-electron chi connectivity index (χ1n) is 3.77. The van der Waals surface area contributed by atoms with E-state index in [2.05, 4.69) is 0 Å². The molecule has 5 heteroatoms. The zero-order chi connectivity index (χ0) is 11.5. The summed E-state index contributed by atoms with van der Waals surface area (Å²) in [5.41, 5.74) is -1.60. The third-order valence-corrected chi connectivity index (χ3v) is 1.55. The highest BCUT2D eigenvalue weighted by Crippen LogP contribution is 2.31. The zero-order valence-corrected chi connectivity index (χ0v) is 7.23. The molecular formula is C10H4F4O. The quantitative estimate of drug-likeness (QED) is 0.369. The van der Waals surface area contributed by atoms with Crippen molar-refractivity contribution in [3.8, 4) is 11.8 Å². The van der Waals surface area contributed by atoms with Crippen molar-refractivity contribution in [2.24, 2.45) is 0 Å². The standard InChI is InChI=1S/C10H4F4O/c11-8-3-4-9(10(12,13)14)7(6-8)2-1-5-15/h3-6H. The molecule has 0 atom stereocenters. The van der Waals surface area contributed by atoms with Crippen LogP contribution in [-0.4, -0.2) is 6.29 Å². The van der Waals surface area contributed by atoms with E-state index < -0.39 is 23.1 Å². The lowest BCUT2D eigenvalue weighted by Crippen LogP contribution is -2.07. The molecule has 1 rings (SSSR count). The minimum absolute atomic E-state index is 0.144. The number of alkyl halides is 3. The fourth-order valence-electron chi connectivity index (χ4n) is 0.974. The summed E-state index contributed by atoms with van der Waals surface area (Å²) in [7, 11) is 0. The highest BCUT2D eigenvalue weighted by Gasteiger charge is 2.33. The zero-order valence-electron chi connectivity index (χ0n) is 7.23. The van der Waals surface area contributed by atoms with Crippen LogP contribution in [0.5, 0.6) is 0 Å². The van der Waals surface area contributed by atoms with Crippen LogP contribution >= 0.6 is 0 Å². The van der Waals surface area contributed by atoms with Gasteiger partial charge in [0.15, 0.2) is 6.29 Å². The lowest BCUT2D eigenvalue weighted by atomic mass is 10.1. The third-order valence-electron chi connectivity index (χ3n) is 1.55. The maximum absolute atomic E-state index is 12.6. The van der Waals surface area contributed by atoms with Crippen LogP contribution < -0.4 is 0 Å². The number of halogens is 4. The Bertz CT molecular complexity index is 437. The van der Waals surface area contributed by atoms with Crippen molar-refractivity contribution in [2.75, 3.05) is 0 Å². The topological polar surface area (TPSA) is 17.1 Å². The monoisotopic (exact) mass is 216 g/mol. The lowest BCUT2D eigenvalue weighted by Gasteiger charge is -2.08. The summed E-state index contributed by atoms with van der Waals surface area (Å²) in [6.45, 7) is 0. The maximum atomic E-state index is 12.6. The predicted octanol–water partition coefficient (Wildman–Crippen LogP) is 2.39. The van der Waals surface area contributed by atoms with Crippen LogP contribution in [0.4, 0.5) is 17.6 Å². The van der Waals surface area contributed by atoms with Crippen LogP contribution in [0.1, 0.15) is 11.1 Å². The van der Waals surface area contributed by atoms with Crippen molar-refractivity contribution in [3.63, 3.8) is 0 Å².